The molecular formula is C7H9F5O3. The maximum atomic E-state index is 12.5. The lowest BCUT2D eigenvalue weighted by Crippen LogP contribution is -2.27. The van der Waals surface area contributed by atoms with E-state index in [9.17, 15) is 26.7 Å². The molecule has 90 valence electrons. The standard InChI is InChI=1S/C7H9F5O3/c1-2-14-5(13)15-7(11,12)4-3-6(8,9)10/h2-4H2,1H3. The van der Waals surface area contributed by atoms with Crippen LogP contribution in [0.3, 0.4) is 0 Å². The van der Waals surface area contributed by atoms with Crippen molar-refractivity contribution in [2.24, 2.45) is 0 Å². The van der Waals surface area contributed by atoms with Crippen LogP contribution in [0.2, 0.25) is 0 Å². The highest BCUT2D eigenvalue weighted by molar-refractivity contribution is 5.60. The summed E-state index contributed by atoms with van der Waals surface area (Å²) in [5.41, 5.74) is 0. The zero-order chi connectivity index (χ0) is 12.1. The van der Waals surface area contributed by atoms with Gasteiger partial charge in [0.25, 0.3) is 0 Å². The zero-order valence-corrected chi connectivity index (χ0v) is 7.74. The summed E-state index contributed by atoms with van der Waals surface area (Å²) in [7, 11) is 0. The van der Waals surface area contributed by atoms with Crippen molar-refractivity contribution in [3.05, 3.63) is 0 Å². The first-order chi connectivity index (χ1) is 6.66. The van der Waals surface area contributed by atoms with E-state index in [2.05, 4.69) is 9.47 Å². The summed E-state index contributed by atoms with van der Waals surface area (Å²) in [5.74, 6) is 0. The van der Waals surface area contributed by atoms with Crippen LogP contribution >= 0.6 is 0 Å². The van der Waals surface area contributed by atoms with Crippen LogP contribution in [0.5, 0.6) is 0 Å². The molecule has 8 heteroatoms. The average Bonchev–Trinajstić information content (AvgIpc) is 1.99. The molecule has 0 amide bonds. The predicted molar refractivity (Wildman–Crippen MR) is 38.3 cm³/mol. The fraction of sp³-hybridized carbons (Fsp3) is 0.857. The van der Waals surface area contributed by atoms with E-state index in [1.165, 1.54) is 6.92 Å². The van der Waals surface area contributed by atoms with Crippen LogP contribution in [0.15, 0.2) is 0 Å². The van der Waals surface area contributed by atoms with Gasteiger partial charge in [-0.2, -0.15) is 22.0 Å². The van der Waals surface area contributed by atoms with Crippen LogP contribution in [0.25, 0.3) is 0 Å². The zero-order valence-electron chi connectivity index (χ0n) is 7.74. The van der Waals surface area contributed by atoms with Gasteiger partial charge in [0.05, 0.1) is 19.4 Å². The molecule has 0 saturated carbocycles. The van der Waals surface area contributed by atoms with Gasteiger partial charge in [-0.15, -0.1) is 0 Å². The quantitative estimate of drug-likeness (QED) is 0.555. The minimum absolute atomic E-state index is 0.200. The molecule has 0 heterocycles. The molecule has 0 aliphatic heterocycles. The number of carbonyl (C=O) groups is 1. The summed E-state index contributed by atoms with van der Waals surface area (Å²) in [5, 5.41) is 0. The Kier molecular flexibility index (Phi) is 4.76. The van der Waals surface area contributed by atoms with Crippen molar-refractivity contribution in [1.82, 2.24) is 0 Å². The van der Waals surface area contributed by atoms with E-state index in [4.69, 9.17) is 0 Å². The summed E-state index contributed by atoms with van der Waals surface area (Å²) in [4.78, 5) is 10.4. The van der Waals surface area contributed by atoms with E-state index in [1.54, 1.807) is 0 Å². The molecule has 0 radical (unpaired) electrons. The summed E-state index contributed by atoms with van der Waals surface area (Å²) >= 11 is 0. The van der Waals surface area contributed by atoms with Gasteiger partial charge in [0.1, 0.15) is 0 Å². The Hall–Kier alpha value is -1.08. The molecule has 0 N–H and O–H groups in total. The van der Waals surface area contributed by atoms with Gasteiger partial charge >= 0.3 is 18.4 Å². The molecule has 0 aliphatic carbocycles. The molecule has 0 saturated heterocycles. The van der Waals surface area contributed by atoms with E-state index in [0.717, 1.165) is 0 Å². The van der Waals surface area contributed by atoms with Crippen LogP contribution in [0.1, 0.15) is 19.8 Å². The lowest BCUT2D eigenvalue weighted by Gasteiger charge is -2.16. The number of hydrogen-bond donors (Lipinski definition) is 0. The minimum Gasteiger partial charge on any atom is -0.434 e. The van der Waals surface area contributed by atoms with Crippen molar-refractivity contribution in [2.45, 2.75) is 32.1 Å². The normalized spacial score (nSPS) is 12.4. The molecular weight excluding hydrogens is 227 g/mol. The molecule has 0 aliphatic rings. The largest absolute Gasteiger partial charge is 0.512 e. The Balaban J connectivity index is 4.02. The molecule has 0 unspecified atom stereocenters. The molecule has 0 fully saturated rings. The van der Waals surface area contributed by atoms with Crippen molar-refractivity contribution in [3.63, 3.8) is 0 Å². The van der Waals surface area contributed by atoms with Gasteiger partial charge < -0.3 is 9.47 Å². The van der Waals surface area contributed by atoms with Crippen LogP contribution in [0.4, 0.5) is 26.7 Å². The number of halogens is 5. The van der Waals surface area contributed by atoms with Gasteiger partial charge in [0.15, 0.2) is 0 Å². The fourth-order valence-corrected chi connectivity index (χ4v) is 0.608. The maximum Gasteiger partial charge on any atom is 0.512 e. The second-order valence-electron chi connectivity index (χ2n) is 2.54. The first-order valence-corrected chi connectivity index (χ1v) is 3.96. The second kappa shape index (κ2) is 5.13. The van der Waals surface area contributed by atoms with Crippen LogP contribution in [0, 0.1) is 0 Å². The van der Waals surface area contributed by atoms with Crippen LogP contribution in [-0.4, -0.2) is 25.0 Å². The smallest absolute Gasteiger partial charge is 0.434 e. The SMILES string of the molecule is CCOC(=O)OC(F)(F)CCC(F)(F)F. The van der Waals surface area contributed by atoms with Crippen molar-refractivity contribution < 1.29 is 36.2 Å². The molecule has 3 nitrogen and oxygen atoms in total. The molecule has 0 aromatic heterocycles. The molecule has 0 bridgehead atoms. The van der Waals surface area contributed by atoms with Crippen LogP contribution < -0.4 is 0 Å². The molecule has 0 rings (SSSR count). The van der Waals surface area contributed by atoms with Gasteiger partial charge in [0.2, 0.25) is 0 Å². The number of alkyl halides is 5. The van der Waals surface area contributed by atoms with Crippen molar-refractivity contribution in [1.29, 1.82) is 0 Å². The monoisotopic (exact) mass is 236 g/mol. The average molecular weight is 236 g/mol. The number of carbonyl (C=O) groups excluding carboxylic acids is 1. The Bertz CT molecular complexity index is 213. The summed E-state index contributed by atoms with van der Waals surface area (Å²) in [6.45, 7) is 1.14. The second-order valence-corrected chi connectivity index (χ2v) is 2.54. The highest BCUT2D eigenvalue weighted by Crippen LogP contribution is 2.30. The number of hydrogen-bond acceptors (Lipinski definition) is 3. The first-order valence-electron chi connectivity index (χ1n) is 3.96. The van der Waals surface area contributed by atoms with Gasteiger partial charge in [-0.3, -0.25) is 0 Å². The van der Waals surface area contributed by atoms with E-state index in [1.807, 2.05) is 0 Å². The third-order valence-electron chi connectivity index (χ3n) is 1.19. The Morgan fingerprint density at radius 2 is 1.67 bits per heavy atom. The Morgan fingerprint density at radius 3 is 2.07 bits per heavy atom. The van der Waals surface area contributed by atoms with Crippen LogP contribution in [-0.2, 0) is 9.47 Å². The van der Waals surface area contributed by atoms with Gasteiger partial charge in [0, 0.05) is 0 Å². The Morgan fingerprint density at radius 1 is 1.13 bits per heavy atom. The minimum atomic E-state index is -4.72. The Labute approximate surface area is 82.1 Å². The molecule has 0 aromatic rings. The van der Waals surface area contributed by atoms with Crippen molar-refractivity contribution in [3.8, 4) is 0 Å². The molecule has 0 atom stereocenters. The van der Waals surface area contributed by atoms with Gasteiger partial charge in [-0.25, -0.2) is 4.79 Å². The molecule has 0 spiro atoms. The highest BCUT2D eigenvalue weighted by atomic mass is 19.4. The number of rotatable bonds is 4. The van der Waals surface area contributed by atoms with Crippen molar-refractivity contribution >= 4 is 6.16 Å². The van der Waals surface area contributed by atoms with E-state index >= 15 is 0 Å². The van der Waals surface area contributed by atoms with Gasteiger partial charge in [-0.05, 0) is 6.92 Å². The van der Waals surface area contributed by atoms with Gasteiger partial charge in [-0.1, -0.05) is 0 Å². The first kappa shape index (κ1) is 13.9. The maximum absolute atomic E-state index is 12.5. The van der Waals surface area contributed by atoms with E-state index < -0.39 is 31.3 Å². The van der Waals surface area contributed by atoms with E-state index in [-0.39, 0.29) is 6.61 Å². The highest BCUT2D eigenvalue weighted by Gasteiger charge is 2.40. The molecule has 15 heavy (non-hydrogen) atoms. The summed E-state index contributed by atoms with van der Waals surface area (Å²) < 4.78 is 67.1. The molecule has 0 aromatic carbocycles. The van der Waals surface area contributed by atoms with E-state index in [0.29, 0.717) is 0 Å². The topological polar surface area (TPSA) is 35.5 Å². The third kappa shape index (κ3) is 7.95. The van der Waals surface area contributed by atoms with Crippen molar-refractivity contribution in [2.75, 3.05) is 6.61 Å². The number of ether oxygens (including phenoxy) is 2. The third-order valence-corrected chi connectivity index (χ3v) is 1.19. The summed E-state index contributed by atoms with van der Waals surface area (Å²) in [6.07, 6.45) is -13.9. The predicted octanol–water partition coefficient (Wildman–Crippen LogP) is 3.09. The summed E-state index contributed by atoms with van der Waals surface area (Å²) in [6, 6.07) is 0. The fourth-order valence-electron chi connectivity index (χ4n) is 0.608. The lowest BCUT2D eigenvalue weighted by atomic mass is 10.3. The lowest BCUT2D eigenvalue weighted by molar-refractivity contribution is -0.233.